The van der Waals surface area contributed by atoms with E-state index in [9.17, 15) is 5.11 Å². The molecule has 3 aromatic heterocycles. The predicted molar refractivity (Wildman–Crippen MR) is 110 cm³/mol. The number of phenolic OH excluding ortho intramolecular Hbond substituents is 1. The van der Waals surface area contributed by atoms with E-state index in [1.54, 1.807) is 12.4 Å². The highest BCUT2D eigenvalue weighted by atomic mass is 79.9. The Morgan fingerprint density at radius 3 is 2.59 bits per heavy atom. The Kier molecular flexibility index (Phi) is 4.73. The molecule has 3 heterocycles. The Bertz CT molecular complexity index is 1080. The van der Waals surface area contributed by atoms with Gasteiger partial charge in [0.25, 0.3) is 0 Å². The van der Waals surface area contributed by atoms with Crippen molar-refractivity contribution in [1.82, 2.24) is 15.0 Å². The minimum atomic E-state index is -0.369. The lowest BCUT2D eigenvalue weighted by atomic mass is 9.99. The molecular formula is C21H17BrN4O. The average Bonchev–Trinajstić information content (AvgIpc) is 2.69. The van der Waals surface area contributed by atoms with Crippen LogP contribution in [0.2, 0.25) is 0 Å². The number of nitrogens with one attached hydrogen (secondary N) is 1. The van der Waals surface area contributed by atoms with Crippen molar-refractivity contribution < 1.29 is 5.11 Å². The van der Waals surface area contributed by atoms with Gasteiger partial charge in [-0.2, -0.15) is 0 Å². The number of benzene rings is 1. The summed E-state index contributed by atoms with van der Waals surface area (Å²) in [5.41, 5.74) is 2.92. The van der Waals surface area contributed by atoms with E-state index < -0.39 is 0 Å². The van der Waals surface area contributed by atoms with Crippen LogP contribution in [0.25, 0.3) is 10.9 Å². The van der Waals surface area contributed by atoms with Gasteiger partial charge in [-0.3, -0.25) is 4.98 Å². The third kappa shape index (κ3) is 3.61. The van der Waals surface area contributed by atoms with Crippen molar-refractivity contribution in [3.8, 4) is 5.75 Å². The Hall–Kier alpha value is -2.99. The molecule has 1 atom stereocenters. The van der Waals surface area contributed by atoms with Crippen LogP contribution in [0.4, 0.5) is 5.82 Å². The average molecular weight is 421 g/mol. The summed E-state index contributed by atoms with van der Waals surface area (Å²) in [4.78, 5) is 13.4. The number of aromatic hydroxyl groups is 1. The van der Waals surface area contributed by atoms with Gasteiger partial charge in [-0.1, -0.05) is 24.3 Å². The predicted octanol–water partition coefficient (Wildman–Crippen LogP) is 5.00. The smallest absolute Gasteiger partial charge is 0.147 e. The number of rotatable bonds is 4. The number of aromatic nitrogens is 3. The van der Waals surface area contributed by atoms with Crippen molar-refractivity contribution in [2.45, 2.75) is 13.0 Å². The van der Waals surface area contributed by atoms with Gasteiger partial charge in [0.15, 0.2) is 0 Å². The number of halogens is 1. The minimum Gasteiger partial charge on any atom is -0.505 e. The second-order valence-electron chi connectivity index (χ2n) is 6.22. The number of fused-ring (bicyclic) bond motifs is 1. The summed E-state index contributed by atoms with van der Waals surface area (Å²) < 4.78 is 0.899. The van der Waals surface area contributed by atoms with Crippen molar-refractivity contribution in [1.29, 1.82) is 0 Å². The Morgan fingerprint density at radius 1 is 1.00 bits per heavy atom. The van der Waals surface area contributed by atoms with Gasteiger partial charge < -0.3 is 10.4 Å². The number of hydrogen-bond donors (Lipinski definition) is 2. The van der Waals surface area contributed by atoms with Gasteiger partial charge in [-0.25, -0.2) is 9.97 Å². The number of pyridine rings is 3. The molecule has 2 N–H and O–H groups in total. The fourth-order valence-corrected chi connectivity index (χ4v) is 3.22. The van der Waals surface area contributed by atoms with Crippen LogP contribution in [-0.2, 0) is 0 Å². The standard InChI is InChI=1S/C21H17BrN4O/c1-13-5-6-14-7-9-16(21(27)19(14)25-13)20(17-4-2-3-11-23-17)26-18-10-8-15(22)12-24-18/h2-12,20,27H,1H3,(H,24,26). The van der Waals surface area contributed by atoms with Crippen molar-refractivity contribution in [3.63, 3.8) is 0 Å². The molecule has 0 amide bonds. The number of phenols is 1. The van der Waals surface area contributed by atoms with E-state index in [0.29, 0.717) is 16.9 Å². The lowest BCUT2D eigenvalue weighted by molar-refractivity contribution is 0.471. The molecule has 0 radical (unpaired) electrons. The second kappa shape index (κ2) is 7.32. The molecule has 0 aliphatic heterocycles. The molecule has 134 valence electrons. The molecule has 6 heteroatoms. The first-order chi connectivity index (χ1) is 13.1. The van der Waals surface area contributed by atoms with Gasteiger partial charge in [0.2, 0.25) is 0 Å². The summed E-state index contributed by atoms with van der Waals surface area (Å²) in [6.07, 6.45) is 3.46. The quantitative estimate of drug-likeness (QED) is 0.485. The molecule has 1 unspecified atom stereocenters. The van der Waals surface area contributed by atoms with Crippen molar-refractivity contribution in [2.24, 2.45) is 0 Å². The molecule has 0 bridgehead atoms. The molecule has 0 fully saturated rings. The summed E-state index contributed by atoms with van der Waals surface area (Å²) in [5, 5.41) is 15.2. The first-order valence-electron chi connectivity index (χ1n) is 8.50. The van der Waals surface area contributed by atoms with Crippen LogP contribution >= 0.6 is 15.9 Å². The SMILES string of the molecule is Cc1ccc2ccc(C(Nc3ccc(Br)cn3)c3ccccn3)c(O)c2n1. The fourth-order valence-electron chi connectivity index (χ4n) is 2.99. The van der Waals surface area contributed by atoms with Crippen molar-refractivity contribution in [3.05, 3.63) is 88.4 Å². The van der Waals surface area contributed by atoms with Crippen LogP contribution in [0.15, 0.2) is 71.5 Å². The van der Waals surface area contributed by atoms with Gasteiger partial charge in [0.1, 0.15) is 17.1 Å². The van der Waals surface area contributed by atoms with Gasteiger partial charge >= 0.3 is 0 Å². The molecule has 4 aromatic rings. The summed E-state index contributed by atoms with van der Waals surface area (Å²) in [6, 6.07) is 16.9. The molecule has 0 saturated heterocycles. The van der Waals surface area contributed by atoms with Gasteiger partial charge in [-0.15, -0.1) is 0 Å². The van der Waals surface area contributed by atoms with Gasteiger partial charge in [-0.05, 0) is 53.2 Å². The topological polar surface area (TPSA) is 70.9 Å². The second-order valence-corrected chi connectivity index (χ2v) is 7.14. The van der Waals surface area contributed by atoms with E-state index in [4.69, 9.17) is 0 Å². The summed E-state index contributed by atoms with van der Waals surface area (Å²) in [7, 11) is 0. The molecule has 4 rings (SSSR count). The van der Waals surface area contributed by atoms with Crippen molar-refractivity contribution in [2.75, 3.05) is 5.32 Å². The number of anilines is 1. The first-order valence-corrected chi connectivity index (χ1v) is 9.29. The molecule has 0 spiro atoms. The Balaban J connectivity index is 1.84. The van der Waals surface area contributed by atoms with Crippen LogP contribution < -0.4 is 5.32 Å². The maximum absolute atomic E-state index is 11.0. The Morgan fingerprint density at radius 2 is 1.85 bits per heavy atom. The maximum atomic E-state index is 11.0. The van der Waals surface area contributed by atoms with E-state index in [2.05, 4.69) is 36.2 Å². The third-order valence-electron chi connectivity index (χ3n) is 4.32. The fraction of sp³-hybridized carbons (Fsp3) is 0.0952. The zero-order chi connectivity index (χ0) is 18.8. The van der Waals surface area contributed by atoms with Gasteiger partial charge in [0.05, 0.1) is 11.7 Å². The molecule has 5 nitrogen and oxygen atoms in total. The van der Waals surface area contributed by atoms with E-state index in [1.165, 1.54) is 0 Å². The third-order valence-corrected chi connectivity index (χ3v) is 4.79. The van der Waals surface area contributed by atoms with E-state index in [1.807, 2.05) is 61.5 Å². The molecule has 0 aliphatic carbocycles. The van der Waals surface area contributed by atoms with E-state index in [0.717, 1.165) is 21.2 Å². The normalized spacial score (nSPS) is 12.1. The van der Waals surface area contributed by atoms with Crippen molar-refractivity contribution >= 4 is 32.7 Å². The highest BCUT2D eigenvalue weighted by Crippen LogP contribution is 2.35. The number of aryl methyl sites for hydroxylation is 1. The van der Waals surface area contributed by atoms with Crippen LogP contribution in [-0.4, -0.2) is 20.1 Å². The molecule has 1 aromatic carbocycles. The van der Waals surface area contributed by atoms with Gasteiger partial charge in [0, 0.05) is 33.5 Å². The van der Waals surface area contributed by atoms with E-state index in [-0.39, 0.29) is 11.8 Å². The van der Waals surface area contributed by atoms with E-state index >= 15 is 0 Å². The summed E-state index contributed by atoms with van der Waals surface area (Å²) in [5.74, 6) is 0.835. The largest absolute Gasteiger partial charge is 0.505 e. The van der Waals surface area contributed by atoms with Crippen LogP contribution in [0.5, 0.6) is 5.75 Å². The summed E-state index contributed by atoms with van der Waals surface area (Å²) >= 11 is 3.40. The monoisotopic (exact) mass is 420 g/mol. The summed E-state index contributed by atoms with van der Waals surface area (Å²) in [6.45, 7) is 1.91. The Labute approximate surface area is 165 Å². The molecular weight excluding hydrogens is 404 g/mol. The number of nitrogens with zero attached hydrogens (tertiary/aromatic N) is 3. The van der Waals surface area contributed by atoms with Crippen LogP contribution in [0, 0.1) is 6.92 Å². The minimum absolute atomic E-state index is 0.150. The highest BCUT2D eigenvalue weighted by molar-refractivity contribution is 9.10. The maximum Gasteiger partial charge on any atom is 0.147 e. The molecule has 0 saturated carbocycles. The van der Waals surface area contributed by atoms with Crippen LogP contribution in [0.1, 0.15) is 23.0 Å². The van der Waals surface area contributed by atoms with Crippen LogP contribution in [0.3, 0.4) is 0 Å². The lowest BCUT2D eigenvalue weighted by Crippen LogP contribution is -2.15. The highest BCUT2D eigenvalue weighted by Gasteiger charge is 2.21. The lowest BCUT2D eigenvalue weighted by Gasteiger charge is -2.21. The zero-order valence-corrected chi connectivity index (χ0v) is 16.2. The zero-order valence-electron chi connectivity index (χ0n) is 14.6. The first kappa shape index (κ1) is 17.4. The molecule has 27 heavy (non-hydrogen) atoms. The molecule has 0 aliphatic rings. The number of hydrogen-bond acceptors (Lipinski definition) is 5.